The number of aliphatic hydroxyl groups is 1. The first-order valence-electron chi connectivity index (χ1n) is 6.74. The lowest BCUT2D eigenvalue weighted by molar-refractivity contribution is -0.0138. The molecule has 2 aliphatic heterocycles. The second-order valence-electron chi connectivity index (χ2n) is 5.59. The van der Waals surface area contributed by atoms with Crippen molar-refractivity contribution in [1.29, 1.82) is 0 Å². The Morgan fingerprint density at radius 1 is 1.29 bits per heavy atom. The summed E-state index contributed by atoms with van der Waals surface area (Å²) in [5.74, 6) is 0. The van der Waals surface area contributed by atoms with E-state index in [2.05, 4.69) is 36.1 Å². The molecule has 0 bridgehead atoms. The molecule has 1 aromatic rings. The fraction of sp³-hybridized carbons (Fsp3) is 0.600. The number of nitrogens with zero attached hydrogens (tertiary/aromatic N) is 1. The highest BCUT2D eigenvalue weighted by atomic mass is 16.3. The molecule has 2 aliphatic rings. The average Bonchev–Trinajstić information content (AvgIpc) is 2.69. The van der Waals surface area contributed by atoms with E-state index in [0.29, 0.717) is 6.04 Å². The molecule has 2 heteroatoms. The number of rotatable bonds is 1. The average molecular weight is 231 g/mol. The molecule has 2 saturated heterocycles. The lowest BCUT2D eigenvalue weighted by atomic mass is 9.82. The number of benzene rings is 1. The van der Waals surface area contributed by atoms with Crippen LogP contribution in [-0.2, 0) is 5.60 Å². The van der Waals surface area contributed by atoms with Crippen molar-refractivity contribution in [3.05, 3.63) is 35.4 Å². The lowest BCUT2D eigenvalue weighted by Gasteiger charge is -2.37. The summed E-state index contributed by atoms with van der Waals surface area (Å²) in [7, 11) is 0. The zero-order valence-corrected chi connectivity index (χ0v) is 10.5. The first-order chi connectivity index (χ1) is 8.20. The van der Waals surface area contributed by atoms with Crippen molar-refractivity contribution in [2.24, 2.45) is 0 Å². The molecule has 2 atom stereocenters. The van der Waals surface area contributed by atoms with Crippen molar-refractivity contribution >= 4 is 0 Å². The van der Waals surface area contributed by atoms with Gasteiger partial charge >= 0.3 is 0 Å². The Bertz CT molecular complexity index is 417. The van der Waals surface area contributed by atoms with Gasteiger partial charge in [0.15, 0.2) is 0 Å². The normalized spacial score (nSPS) is 33.6. The van der Waals surface area contributed by atoms with E-state index < -0.39 is 5.60 Å². The largest absolute Gasteiger partial charge is 0.383 e. The first kappa shape index (κ1) is 11.2. The second-order valence-corrected chi connectivity index (χ2v) is 5.59. The van der Waals surface area contributed by atoms with Gasteiger partial charge in [-0.25, -0.2) is 0 Å². The van der Waals surface area contributed by atoms with E-state index in [4.69, 9.17) is 0 Å². The molecule has 1 N–H and O–H groups in total. The van der Waals surface area contributed by atoms with Gasteiger partial charge in [0.05, 0.1) is 0 Å². The van der Waals surface area contributed by atoms with Gasteiger partial charge in [0.2, 0.25) is 0 Å². The molecule has 1 aromatic carbocycles. The highest BCUT2D eigenvalue weighted by molar-refractivity contribution is 5.30. The van der Waals surface area contributed by atoms with Crippen LogP contribution in [0, 0.1) is 6.92 Å². The van der Waals surface area contributed by atoms with E-state index in [1.54, 1.807) is 0 Å². The molecule has 2 unspecified atom stereocenters. The third-order valence-electron chi connectivity index (χ3n) is 4.46. The predicted octanol–water partition coefficient (Wildman–Crippen LogP) is 2.44. The van der Waals surface area contributed by atoms with Crippen LogP contribution in [0.1, 0.15) is 36.8 Å². The molecule has 0 amide bonds. The Labute approximate surface area is 103 Å². The minimum absolute atomic E-state index is 0.345. The summed E-state index contributed by atoms with van der Waals surface area (Å²) in [6.45, 7) is 4.31. The molecule has 3 rings (SSSR count). The Morgan fingerprint density at radius 2 is 2.18 bits per heavy atom. The monoisotopic (exact) mass is 231 g/mol. The van der Waals surface area contributed by atoms with Crippen molar-refractivity contribution in [2.45, 2.75) is 44.2 Å². The Kier molecular flexibility index (Phi) is 2.72. The fourth-order valence-electron chi connectivity index (χ4n) is 3.53. The number of hydrogen-bond acceptors (Lipinski definition) is 2. The second kappa shape index (κ2) is 4.11. The van der Waals surface area contributed by atoms with Gasteiger partial charge < -0.3 is 5.11 Å². The summed E-state index contributed by atoms with van der Waals surface area (Å²) in [5.41, 5.74) is 1.75. The SMILES string of the molecule is Cc1cccc(C2(O)CCN3CCCCC32)c1. The molecular formula is C15H21NO. The van der Waals surface area contributed by atoms with Crippen LogP contribution < -0.4 is 0 Å². The maximum Gasteiger partial charge on any atom is 0.106 e. The number of aryl methyl sites for hydroxylation is 1. The fourth-order valence-corrected chi connectivity index (χ4v) is 3.53. The first-order valence-corrected chi connectivity index (χ1v) is 6.74. The maximum absolute atomic E-state index is 11.0. The lowest BCUT2D eigenvalue weighted by Crippen LogP contribution is -2.45. The van der Waals surface area contributed by atoms with E-state index >= 15 is 0 Å². The van der Waals surface area contributed by atoms with Gasteiger partial charge in [-0.05, 0) is 38.3 Å². The summed E-state index contributed by atoms with van der Waals surface area (Å²) in [5, 5.41) is 11.0. The van der Waals surface area contributed by atoms with Crippen LogP contribution in [-0.4, -0.2) is 29.1 Å². The molecule has 0 aliphatic carbocycles. The molecule has 17 heavy (non-hydrogen) atoms. The van der Waals surface area contributed by atoms with Crippen molar-refractivity contribution in [3.8, 4) is 0 Å². The van der Waals surface area contributed by atoms with Gasteiger partial charge in [0.25, 0.3) is 0 Å². The molecular weight excluding hydrogens is 210 g/mol. The highest BCUT2D eigenvalue weighted by Gasteiger charge is 2.47. The third kappa shape index (κ3) is 1.80. The van der Waals surface area contributed by atoms with Crippen molar-refractivity contribution < 1.29 is 5.11 Å². The topological polar surface area (TPSA) is 23.5 Å². The van der Waals surface area contributed by atoms with Crippen LogP contribution in [0.4, 0.5) is 0 Å². The number of hydrogen-bond donors (Lipinski definition) is 1. The highest BCUT2D eigenvalue weighted by Crippen LogP contribution is 2.42. The van der Waals surface area contributed by atoms with Gasteiger partial charge in [-0.1, -0.05) is 36.2 Å². The van der Waals surface area contributed by atoms with Crippen molar-refractivity contribution in [1.82, 2.24) is 4.90 Å². The van der Waals surface area contributed by atoms with Crippen LogP contribution in [0.2, 0.25) is 0 Å². The van der Waals surface area contributed by atoms with Gasteiger partial charge in [0.1, 0.15) is 5.60 Å². The predicted molar refractivity (Wildman–Crippen MR) is 68.9 cm³/mol. The Hall–Kier alpha value is -0.860. The minimum atomic E-state index is -0.605. The van der Waals surface area contributed by atoms with Crippen molar-refractivity contribution in [3.63, 3.8) is 0 Å². The molecule has 2 nitrogen and oxygen atoms in total. The standard InChI is InChI=1S/C15H21NO/c1-12-5-4-6-13(11-12)15(17)8-10-16-9-3-2-7-14(15)16/h4-6,11,14,17H,2-3,7-10H2,1H3. The van der Waals surface area contributed by atoms with Gasteiger partial charge in [-0.2, -0.15) is 0 Å². The van der Waals surface area contributed by atoms with Gasteiger partial charge in [-0.3, -0.25) is 4.90 Å². The molecule has 2 heterocycles. The number of fused-ring (bicyclic) bond motifs is 1. The summed E-state index contributed by atoms with van der Waals surface area (Å²) < 4.78 is 0. The van der Waals surface area contributed by atoms with E-state index in [0.717, 1.165) is 24.9 Å². The molecule has 0 radical (unpaired) electrons. The van der Waals surface area contributed by atoms with E-state index in [-0.39, 0.29) is 0 Å². The zero-order valence-electron chi connectivity index (χ0n) is 10.5. The van der Waals surface area contributed by atoms with Gasteiger partial charge in [0, 0.05) is 12.6 Å². The van der Waals surface area contributed by atoms with Crippen LogP contribution >= 0.6 is 0 Å². The summed E-state index contributed by atoms with van der Waals surface area (Å²) in [6, 6.07) is 8.75. The molecule has 92 valence electrons. The van der Waals surface area contributed by atoms with E-state index in [1.807, 2.05) is 0 Å². The van der Waals surface area contributed by atoms with Crippen LogP contribution in [0.5, 0.6) is 0 Å². The zero-order chi connectivity index (χ0) is 11.9. The van der Waals surface area contributed by atoms with Crippen LogP contribution in [0.15, 0.2) is 24.3 Å². The summed E-state index contributed by atoms with van der Waals surface area (Å²) >= 11 is 0. The molecule has 2 fully saturated rings. The third-order valence-corrected chi connectivity index (χ3v) is 4.46. The quantitative estimate of drug-likeness (QED) is 0.802. The minimum Gasteiger partial charge on any atom is -0.383 e. The maximum atomic E-state index is 11.0. The molecule has 0 aromatic heterocycles. The van der Waals surface area contributed by atoms with Crippen molar-refractivity contribution in [2.75, 3.05) is 13.1 Å². The Balaban J connectivity index is 1.95. The number of piperidine rings is 1. The van der Waals surface area contributed by atoms with Crippen LogP contribution in [0.3, 0.4) is 0 Å². The van der Waals surface area contributed by atoms with Crippen LogP contribution in [0.25, 0.3) is 0 Å². The van der Waals surface area contributed by atoms with Gasteiger partial charge in [-0.15, -0.1) is 0 Å². The van der Waals surface area contributed by atoms with E-state index in [1.165, 1.54) is 24.9 Å². The molecule has 0 spiro atoms. The smallest absolute Gasteiger partial charge is 0.106 e. The van der Waals surface area contributed by atoms with E-state index in [9.17, 15) is 5.11 Å². The Morgan fingerprint density at radius 3 is 3.00 bits per heavy atom. The summed E-state index contributed by atoms with van der Waals surface area (Å²) in [6.07, 6.45) is 4.58. The summed E-state index contributed by atoms with van der Waals surface area (Å²) in [4.78, 5) is 2.48. The molecule has 0 saturated carbocycles.